The van der Waals surface area contributed by atoms with Crippen LogP contribution in [0.4, 0.5) is 4.39 Å². The molecule has 20 heavy (non-hydrogen) atoms. The van der Waals surface area contributed by atoms with E-state index in [1.165, 1.54) is 25.3 Å². The summed E-state index contributed by atoms with van der Waals surface area (Å²) in [5.74, 6) is -0.421. The Kier molecular flexibility index (Phi) is 4.63. The van der Waals surface area contributed by atoms with Crippen LogP contribution in [0.15, 0.2) is 36.4 Å². The number of Topliss-reactive ketones (excluding diaryl/α,β-unsaturated/α-hetero) is 1. The van der Waals surface area contributed by atoms with Crippen LogP contribution in [0.3, 0.4) is 0 Å². The van der Waals surface area contributed by atoms with Gasteiger partial charge in [0.15, 0.2) is 5.78 Å². The van der Waals surface area contributed by atoms with Crippen LogP contribution in [0.5, 0.6) is 5.75 Å². The van der Waals surface area contributed by atoms with Crippen molar-refractivity contribution >= 4 is 29.0 Å². The second-order valence-electron chi connectivity index (χ2n) is 4.14. The molecule has 0 aliphatic rings. The van der Waals surface area contributed by atoms with E-state index in [0.29, 0.717) is 16.3 Å². The van der Waals surface area contributed by atoms with Gasteiger partial charge in [-0.1, -0.05) is 29.3 Å². The number of ketones is 1. The van der Waals surface area contributed by atoms with Crippen LogP contribution in [0.25, 0.3) is 0 Å². The van der Waals surface area contributed by atoms with Crippen LogP contribution >= 0.6 is 23.2 Å². The molecule has 0 saturated heterocycles. The summed E-state index contributed by atoms with van der Waals surface area (Å²) in [7, 11) is 1.45. The molecule has 0 aliphatic carbocycles. The van der Waals surface area contributed by atoms with Gasteiger partial charge in [0, 0.05) is 22.0 Å². The molecule has 0 N–H and O–H groups in total. The van der Waals surface area contributed by atoms with Crippen molar-refractivity contribution in [3.05, 3.63) is 63.4 Å². The molecule has 2 nitrogen and oxygen atoms in total. The highest BCUT2D eigenvalue weighted by atomic mass is 35.5. The molecule has 0 unspecified atom stereocenters. The third-order valence-electron chi connectivity index (χ3n) is 2.86. The number of ether oxygens (including phenoxy) is 1. The van der Waals surface area contributed by atoms with Crippen molar-refractivity contribution in [1.29, 1.82) is 0 Å². The van der Waals surface area contributed by atoms with E-state index in [9.17, 15) is 9.18 Å². The van der Waals surface area contributed by atoms with Crippen molar-refractivity contribution in [1.82, 2.24) is 0 Å². The maximum Gasteiger partial charge on any atom is 0.171 e. The molecule has 2 rings (SSSR count). The lowest BCUT2D eigenvalue weighted by molar-refractivity contribution is 0.0989. The number of halogens is 3. The molecule has 0 aromatic heterocycles. The van der Waals surface area contributed by atoms with Gasteiger partial charge in [-0.3, -0.25) is 4.79 Å². The Morgan fingerprint density at radius 3 is 2.65 bits per heavy atom. The zero-order valence-corrected chi connectivity index (χ0v) is 12.1. The summed E-state index contributed by atoms with van der Waals surface area (Å²) in [5.41, 5.74) is 0.473. The largest absolute Gasteiger partial charge is 0.496 e. The van der Waals surface area contributed by atoms with Gasteiger partial charge in [0.25, 0.3) is 0 Å². The zero-order valence-electron chi connectivity index (χ0n) is 10.6. The van der Waals surface area contributed by atoms with Gasteiger partial charge < -0.3 is 4.74 Å². The number of hydrogen-bond acceptors (Lipinski definition) is 2. The van der Waals surface area contributed by atoms with E-state index in [0.717, 1.165) is 0 Å². The lowest BCUT2D eigenvalue weighted by Crippen LogP contribution is -2.07. The Hall–Kier alpha value is -1.58. The maximum atomic E-state index is 13.7. The number of carbonyl (C=O) groups excluding carboxylic acids is 1. The van der Waals surface area contributed by atoms with Gasteiger partial charge in [-0.15, -0.1) is 0 Å². The first kappa shape index (κ1) is 14.8. The van der Waals surface area contributed by atoms with Gasteiger partial charge in [0.05, 0.1) is 12.7 Å². The first-order valence-corrected chi connectivity index (χ1v) is 6.58. The fraction of sp³-hybridized carbons (Fsp3) is 0.133. The van der Waals surface area contributed by atoms with Crippen molar-refractivity contribution in [3.8, 4) is 5.75 Å². The van der Waals surface area contributed by atoms with Crippen LogP contribution in [-0.2, 0) is 6.42 Å². The maximum absolute atomic E-state index is 13.7. The van der Waals surface area contributed by atoms with E-state index in [2.05, 4.69) is 0 Å². The number of benzene rings is 2. The molecule has 104 valence electrons. The fourth-order valence-electron chi connectivity index (χ4n) is 1.86. The SMILES string of the molecule is COc1ccc(Cl)cc1C(=O)Cc1c(F)cccc1Cl. The summed E-state index contributed by atoms with van der Waals surface area (Å²) < 4.78 is 18.8. The molecule has 0 amide bonds. The molecule has 0 aliphatic heterocycles. The highest BCUT2D eigenvalue weighted by Crippen LogP contribution is 2.26. The second kappa shape index (κ2) is 6.25. The normalized spacial score (nSPS) is 10.4. The third-order valence-corrected chi connectivity index (χ3v) is 3.45. The molecular formula is C15H11Cl2FO2. The minimum absolute atomic E-state index is 0.151. The lowest BCUT2D eigenvalue weighted by Gasteiger charge is -2.09. The van der Waals surface area contributed by atoms with Crippen molar-refractivity contribution in [3.63, 3.8) is 0 Å². The molecule has 0 radical (unpaired) electrons. The van der Waals surface area contributed by atoms with E-state index < -0.39 is 5.82 Å². The van der Waals surface area contributed by atoms with Gasteiger partial charge in [-0.05, 0) is 30.3 Å². The summed E-state index contributed by atoms with van der Waals surface area (Å²) >= 11 is 11.8. The minimum atomic E-state index is -0.508. The summed E-state index contributed by atoms with van der Waals surface area (Å²) in [4.78, 5) is 12.3. The Balaban J connectivity index is 2.35. The van der Waals surface area contributed by atoms with Crippen LogP contribution in [-0.4, -0.2) is 12.9 Å². The molecular weight excluding hydrogens is 302 g/mol. The molecule has 0 heterocycles. The topological polar surface area (TPSA) is 26.3 Å². The predicted octanol–water partition coefficient (Wildman–Crippen LogP) is 4.57. The average Bonchev–Trinajstić information content (AvgIpc) is 2.43. The average molecular weight is 313 g/mol. The molecule has 2 aromatic rings. The van der Waals surface area contributed by atoms with Crippen LogP contribution in [0.1, 0.15) is 15.9 Å². The first-order chi connectivity index (χ1) is 9.52. The van der Waals surface area contributed by atoms with Gasteiger partial charge >= 0.3 is 0 Å². The molecule has 0 saturated carbocycles. The second-order valence-corrected chi connectivity index (χ2v) is 4.99. The van der Waals surface area contributed by atoms with Gasteiger partial charge in [0.2, 0.25) is 0 Å². The van der Waals surface area contributed by atoms with Crippen LogP contribution in [0.2, 0.25) is 10.0 Å². The minimum Gasteiger partial charge on any atom is -0.496 e. The van der Waals surface area contributed by atoms with Crippen molar-refractivity contribution < 1.29 is 13.9 Å². The molecule has 0 spiro atoms. The number of carbonyl (C=O) groups is 1. The monoisotopic (exact) mass is 312 g/mol. The number of rotatable bonds is 4. The summed E-state index contributed by atoms with van der Waals surface area (Å²) in [6.07, 6.45) is -0.151. The van der Waals surface area contributed by atoms with E-state index in [1.54, 1.807) is 18.2 Å². The zero-order chi connectivity index (χ0) is 14.7. The standard InChI is InChI=1S/C15H11Cl2FO2/c1-20-15-6-5-9(16)7-11(15)14(19)8-10-12(17)3-2-4-13(10)18/h2-7H,8H2,1H3. The molecule has 0 atom stereocenters. The van der Waals surface area contributed by atoms with E-state index in [-0.39, 0.29) is 22.8 Å². The predicted molar refractivity (Wildman–Crippen MR) is 77.4 cm³/mol. The van der Waals surface area contributed by atoms with Crippen molar-refractivity contribution in [2.45, 2.75) is 6.42 Å². The molecule has 5 heteroatoms. The summed E-state index contributed by atoms with van der Waals surface area (Å²) in [6, 6.07) is 9.01. The molecule has 0 fully saturated rings. The Morgan fingerprint density at radius 2 is 2.00 bits per heavy atom. The molecule has 2 aromatic carbocycles. The lowest BCUT2D eigenvalue weighted by atomic mass is 10.0. The highest BCUT2D eigenvalue weighted by Gasteiger charge is 2.17. The summed E-state index contributed by atoms with van der Waals surface area (Å²) in [5, 5.41) is 0.633. The van der Waals surface area contributed by atoms with E-state index >= 15 is 0 Å². The van der Waals surface area contributed by atoms with Crippen molar-refractivity contribution in [2.24, 2.45) is 0 Å². The van der Waals surface area contributed by atoms with Gasteiger partial charge in [-0.25, -0.2) is 4.39 Å². The quantitative estimate of drug-likeness (QED) is 0.773. The van der Waals surface area contributed by atoms with Crippen molar-refractivity contribution in [2.75, 3.05) is 7.11 Å². The summed E-state index contributed by atoms with van der Waals surface area (Å²) in [6.45, 7) is 0. The van der Waals surface area contributed by atoms with Crippen LogP contribution in [0, 0.1) is 5.82 Å². The highest BCUT2D eigenvalue weighted by molar-refractivity contribution is 6.32. The van der Waals surface area contributed by atoms with E-state index in [1.807, 2.05) is 0 Å². The Morgan fingerprint density at radius 1 is 1.25 bits per heavy atom. The third kappa shape index (κ3) is 3.11. The fourth-order valence-corrected chi connectivity index (χ4v) is 2.26. The number of methoxy groups -OCH3 is 1. The Bertz CT molecular complexity index is 636. The van der Waals surface area contributed by atoms with Crippen LogP contribution < -0.4 is 4.74 Å². The Labute approximate surface area is 126 Å². The first-order valence-electron chi connectivity index (χ1n) is 5.82. The van der Waals surface area contributed by atoms with Gasteiger partial charge in [0.1, 0.15) is 11.6 Å². The number of hydrogen-bond donors (Lipinski definition) is 0. The smallest absolute Gasteiger partial charge is 0.171 e. The van der Waals surface area contributed by atoms with E-state index in [4.69, 9.17) is 27.9 Å². The van der Waals surface area contributed by atoms with Gasteiger partial charge in [-0.2, -0.15) is 0 Å². The molecule has 0 bridgehead atoms.